The summed E-state index contributed by atoms with van der Waals surface area (Å²) in [5.41, 5.74) is 0. The highest BCUT2D eigenvalue weighted by Gasteiger charge is 2.36. The fourth-order valence-electron chi connectivity index (χ4n) is 1.80. The molecule has 7 heteroatoms. The monoisotopic (exact) mass is 264 g/mol. The number of alkyl halides is 3. The first-order chi connectivity index (χ1) is 7.98. The van der Waals surface area contributed by atoms with E-state index >= 15 is 0 Å². The van der Waals surface area contributed by atoms with Crippen LogP contribution in [0.25, 0.3) is 0 Å². The number of halogens is 3. The summed E-state index contributed by atoms with van der Waals surface area (Å²) in [6, 6.07) is 0. The number of nitrogens with one attached hydrogen (secondary N) is 1. The van der Waals surface area contributed by atoms with Crippen molar-refractivity contribution >= 4 is 17.1 Å². The van der Waals surface area contributed by atoms with Crippen LogP contribution in [0, 0.1) is 5.92 Å². The molecule has 0 atom stereocenters. The van der Waals surface area contributed by atoms with E-state index in [0.29, 0.717) is 24.2 Å². The van der Waals surface area contributed by atoms with E-state index < -0.39 is 11.2 Å². The molecule has 2 heterocycles. The van der Waals surface area contributed by atoms with Gasteiger partial charge in [0, 0.05) is 12.1 Å². The Hall–Kier alpha value is -0.950. The van der Waals surface area contributed by atoms with Crippen molar-refractivity contribution in [2.24, 2.45) is 5.92 Å². The Morgan fingerprint density at radius 1 is 1.41 bits per heavy atom. The van der Waals surface area contributed by atoms with E-state index in [1.54, 1.807) is 0 Å². The summed E-state index contributed by atoms with van der Waals surface area (Å²) in [5, 5.41) is 2.16. The van der Waals surface area contributed by atoms with Gasteiger partial charge in [0.25, 0.3) is 0 Å². The van der Waals surface area contributed by atoms with Gasteiger partial charge in [0.1, 0.15) is 0 Å². The zero-order valence-corrected chi connectivity index (χ0v) is 9.70. The summed E-state index contributed by atoms with van der Waals surface area (Å²) in [5.74, 6) is -0.378. The lowest BCUT2D eigenvalue weighted by atomic mass is 9.93. The Balaban J connectivity index is 2.11. The summed E-state index contributed by atoms with van der Waals surface area (Å²) in [6.45, 7) is 1.47. The van der Waals surface area contributed by atoms with Crippen LogP contribution in [0.15, 0.2) is 6.20 Å². The fourth-order valence-corrected chi connectivity index (χ4v) is 2.61. The van der Waals surface area contributed by atoms with Crippen molar-refractivity contribution in [1.29, 1.82) is 0 Å². The molecule has 1 aromatic heterocycles. The number of Topliss-reactive ketones (excluding diaryl/α,β-unsaturated/α-hetero) is 1. The third kappa shape index (κ3) is 2.84. The Labute approximate surface area is 100 Å². The molecule has 0 radical (unpaired) electrons. The zero-order valence-electron chi connectivity index (χ0n) is 8.88. The minimum Gasteiger partial charge on any atom is -0.317 e. The molecule has 1 fully saturated rings. The molecular weight excluding hydrogens is 253 g/mol. The number of piperidine rings is 1. The van der Waals surface area contributed by atoms with E-state index in [9.17, 15) is 18.0 Å². The summed E-state index contributed by atoms with van der Waals surface area (Å²) >= 11 is 0.436. The number of hydrogen-bond donors (Lipinski definition) is 1. The predicted molar refractivity (Wildman–Crippen MR) is 57.0 cm³/mol. The number of ketones is 1. The van der Waals surface area contributed by atoms with Crippen LogP contribution < -0.4 is 5.32 Å². The number of hydrogen-bond acceptors (Lipinski definition) is 4. The quantitative estimate of drug-likeness (QED) is 0.834. The van der Waals surface area contributed by atoms with Gasteiger partial charge in [-0.3, -0.25) is 4.79 Å². The molecule has 1 aliphatic rings. The van der Waals surface area contributed by atoms with Crippen molar-refractivity contribution in [2.45, 2.75) is 19.0 Å². The number of carbonyl (C=O) groups is 1. The number of aromatic nitrogens is 1. The molecule has 0 aromatic carbocycles. The van der Waals surface area contributed by atoms with Crippen molar-refractivity contribution in [3.05, 3.63) is 16.1 Å². The van der Waals surface area contributed by atoms with Crippen molar-refractivity contribution in [3.8, 4) is 0 Å². The summed E-state index contributed by atoms with van der Waals surface area (Å²) in [4.78, 5) is 15.3. The second-order valence-corrected chi connectivity index (χ2v) is 4.95. The zero-order chi connectivity index (χ0) is 12.5. The highest BCUT2D eigenvalue weighted by Crippen LogP contribution is 2.33. The van der Waals surface area contributed by atoms with Gasteiger partial charge in [0.2, 0.25) is 0 Å². The molecule has 0 unspecified atom stereocenters. The summed E-state index contributed by atoms with van der Waals surface area (Å²) in [7, 11) is 0. The SMILES string of the molecule is O=C(c1cnc(C(F)(F)F)s1)C1CCNCC1. The molecule has 0 spiro atoms. The number of rotatable bonds is 2. The normalized spacial score (nSPS) is 18.3. The van der Waals surface area contributed by atoms with Crippen molar-refractivity contribution in [3.63, 3.8) is 0 Å². The van der Waals surface area contributed by atoms with Crippen LogP contribution in [0.3, 0.4) is 0 Å². The molecule has 1 aromatic rings. The van der Waals surface area contributed by atoms with Gasteiger partial charge in [-0.15, -0.1) is 11.3 Å². The van der Waals surface area contributed by atoms with Crippen LogP contribution in [-0.2, 0) is 6.18 Å². The Kier molecular flexibility index (Phi) is 3.48. The third-order valence-corrected chi connectivity index (χ3v) is 3.76. The van der Waals surface area contributed by atoms with Crippen molar-refractivity contribution < 1.29 is 18.0 Å². The largest absolute Gasteiger partial charge is 0.443 e. The van der Waals surface area contributed by atoms with E-state index in [0.717, 1.165) is 19.3 Å². The average Bonchev–Trinajstić information content (AvgIpc) is 2.78. The molecule has 1 aliphatic heterocycles. The number of carbonyl (C=O) groups excluding carboxylic acids is 1. The topological polar surface area (TPSA) is 42.0 Å². The van der Waals surface area contributed by atoms with Gasteiger partial charge < -0.3 is 5.32 Å². The minimum atomic E-state index is -4.46. The highest BCUT2D eigenvalue weighted by atomic mass is 32.1. The second kappa shape index (κ2) is 4.73. The van der Waals surface area contributed by atoms with Gasteiger partial charge in [-0.1, -0.05) is 0 Å². The van der Waals surface area contributed by atoms with Gasteiger partial charge in [-0.05, 0) is 25.9 Å². The van der Waals surface area contributed by atoms with Crippen LogP contribution in [0.1, 0.15) is 27.5 Å². The molecule has 2 rings (SSSR count). The van der Waals surface area contributed by atoms with E-state index in [-0.39, 0.29) is 16.6 Å². The molecule has 3 nitrogen and oxygen atoms in total. The van der Waals surface area contributed by atoms with Crippen LogP contribution in [0.2, 0.25) is 0 Å². The van der Waals surface area contributed by atoms with Gasteiger partial charge in [0.15, 0.2) is 10.8 Å². The minimum absolute atomic E-state index is 0.115. The smallest absolute Gasteiger partial charge is 0.317 e. The maximum Gasteiger partial charge on any atom is 0.443 e. The summed E-state index contributed by atoms with van der Waals surface area (Å²) in [6.07, 6.45) is -2.06. The second-order valence-electron chi connectivity index (χ2n) is 3.92. The maximum atomic E-state index is 12.3. The van der Waals surface area contributed by atoms with Crippen LogP contribution in [0.4, 0.5) is 13.2 Å². The maximum absolute atomic E-state index is 12.3. The Morgan fingerprint density at radius 2 is 2.06 bits per heavy atom. The van der Waals surface area contributed by atoms with Crippen LogP contribution >= 0.6 is 11.3 Å². The molecule has 0 bridgehead atoms. The first-order valence-electron chi connectivity index (χ1n) is 5.26. The molecule has 1 N–H and O–H groups in total. The molecular formula is C10H11F3N2OS. The van der Waals surface area contributed by atoms with E-state index in [1.165, 1.54) is 0 Å². The number of thiazole rings is 1. The van der Waals surface area contributed by atoms with Crippen molar-refractivity contribution in [2.75, 3.05) is 13.1 Å². The first kappa shape index (κ1) is 12.5. The predicted octanol–water partition coefficient (Wildman–Crippen LogP) is 2.34. The van der Waals surface area contributed by atoms with Crippen LogP contribution in [0.5, 0.6) is 0 Å². The van der Waals surface area contributed by atoms with Gasteiger partial charge in [-0.25, -0.2) is 4.98 Å². The summed E-state index contributed by atoms with van der Waals surface area (Å²) < 4.78 is 37.0. The Bertz CT molecular complexity index is 410. The standard InChI is InChI=1S/C10H11F3N2OS/c11-10(12,13)9-15-5-7(17-9)8(16)6-1-3-14-4-2-6/h5-6,14H,1-4H2. The molecule has 94 valence electrons. The lowest BCUT2D eigenvalue weighted by Gasteiger charge is -2.20. The first-order valence-corrected chi connectivity index (χ1v) is 6.08. The van der Waals surface area contributed by atoms with Gasteiger partial charge in [0.05, 0.1) is 4.88 Å². The lowest BCUT2D eigenvalue weighted by Crippen LogP contribution is -2.31. The van der Waals surface area contributed by atoms with Crippen LogP contribution in [-0.4, -0.2) is 23.9 Å². The van der Waals surface area contributed by atoms with E-state index in [4.69, 9.17) is 0 Å². The Morgan fingerprint density at radius 3 is 2.59 bits per heavy atom. The molecule has 17 heavy (non-hydrogen) atoms. The average molecular weight is 264 g/mol. The molecule has 0 amide bonds. The molecule has 1 saturated heterocycles. The highest BCUT2D eigenvalue weighted by molar-refractivity contribution is 7.13. The van der Waals surface area contributed by atoms with E-state index in [2.05, 4.69) is 10.3 Å². The fraction of sp³-hybridized carbons (Fsp3) is 0.600. The van der Waals surface area contributed by atoms with Gasteiger partial charge >= 0.3 is 6.18 Å². The van der Waals surface area contributed by atoms with Gasteiger partial charge in [-0.2, -0.15) is 13.2 Å². The third-order valence-electron chi connectivity index (χ3n) is 2.70. The van der Waals surface area contributed by atoms with Crippen molar-refractivity contribution in [1.82, 2.24) is 10.3 Å². The number of nitrogens with zero attached hydrogens (tertiary/aromatic N) is 1. The van der Waals surface area contributed by atoms with E-state index in [1.807, 2.05) is 0 Å². The lowest BCUT2D eigenvalue weighted by molar-refractivity contribution is -0.137. The molecule has 0 aliphatic carbocycles. The molecule has 0 saturated carbocycles.